The van der Waals surface area contributed by atoms with Crippen LogP contribution in [-0.4, -0.2) is 35.1 Å². The van der Waals surface area contributed by atoms with E-state index in [-0.39, 0.29) is 17.4 Å². The highest BCUT2D eigenvalue weighted by Crippen LogP contribution is 2.33. The fourth-order valence-electron chi connectivity index (χ4n) is 2.77. The second-order valence-corrected chi connectivity index (χ2v) is 6.37. The van der Waals surface area contributed by atoms with Gasteiger partial charge in [0, 0.05) is 23.0 Å². The molecule has 0 bridgehead atoms. The van der Waals surface area contributed by atoms with E-state index in [9.17, 15) is 9.59 Å². The molecule has 2 heterocycles. The molecule has 0 fully saturated rings. The summed E-state index contributed by atoms with van der Waals surface area (Å²) in [6, 6.07) is 15.4. The summed E-state index contributed by atoms with van der Waals surface area (Å²) in [7, 11) is 0. The minimum Gasteiger partial charge on any atom is -0.486 e. The lowest BCUT2D eigenvalue weighted by Gasteiger charge is -2.19. The SMILES string of the molecule is CC(=O)c1ccc(NC(=O)c2ccc(Nc3ccc4c(c3)OCCO4)nn2)cc1. The summed E-state index contributed by atoms with van der Waals surface area (Å²) in [5.74, 6) is 1.44. The van der Waals surface area contributed by atoms with Crippen LogP contribution in [-0.2, 0) is 0 Å². The zero-order valence-corrected chi connectivity index (χ0v) is 15.6. The van der Waals surface area contributed by atoms with E-state index in [1.807, 2.05) is 18.2 Å². The van der Waals surface area contributed by atoms with Gasteiger partial charge in [0.25, 0.3) is 5.91 Å². The number of Topliss-reactive ketones (excluding diaryl/α,β-unsaturated/α-hetero) is 1. The van der Waals surface area contributed by atoms with Crippen LogP contribution in [0.3, 0.4) is 0 Å². The van der Waals surface area contributed by atoms with Crippen molar-refractivity contribution in [2.24, 2.45) is 0 Å². The van der Waals surface area contributed by atoms with Crippen molar-refractivity contribution < 1.29 is 19.1 Å². The number of benzene rings is 2. The third kappa shape index (κ3) is 4.32. The summed E-state index contributed by atoms with van der Waals surface area (Å²) in [6.45, 7) is 2.54. The number of nitrogens with zero attached hydrogens (tertiary/aromatic N) is 2. The number of carbonyl (C=O) groups excluding carboxylic acids is 2. The number of anilines is 3. The fourth-order valence-corrected chi connectivity index (χ4v) is 2.77. The number of carbonyl (C=O) groups is 2. The van der Waals surface area contributed by atoms with Gasteiger partial charge in [-0.2, -0.15) is 0 Å². The molecule has 0 spiro atoms. The summed E-state index contributed by atoms with van der Waals surface area (Å²) in [5.41, 5.74) is 2.09. The third-order valence-electron chi connectivity index (χ3n) is 4.26. The number of amides is 1. The lowest BCUT2D eigenvalue weighted by molar-refractivity contribution is 0.101. The van der Waals surface area contributed by atoms with Crippen molar-refractivity contribution in [3.8, 4) is 11.5 Å². The van der Waals surface area contributed by atoms with Gasteiger partial charge in [0.1, 0.15) is 13.2 Å². The standard InChI is InChI=1S/C21H18N4O4/c1-13(26)14-2-4-15(5-3-14)23-21(27)17-7-9-20(25-24-17)22-16-6-8-18-19(12-16)29-11-10-28-18/h2-9,12H,10-11H2,1H3,(H,22,25)(H,23,27). The number of hydrogen-bond acceptors (Lipinski definition) is 7. The van der Waals surface area contributed by atoms with Gasteiger partial charge < -0.3 is 20.1 Å². The summed E-state index contributed by atoms with van der Waals surface area (Å²) in [5, 5.41) is 13.9. The maximum absolute atomic E-state index is 12.3. The Morgan fingerprint density at radius 1 is 0.862 bits per heavy atom. The van der Waals surface area contributed by atoms with Gasteiger partial charge in [0.05, 0.1) is 0 Å². The molecule has 0 unspecified atom stereocenters. The maximum Gasteiger partial charge on any atom is 0.276 e. The first kappa shape index (κ1) is 18.4. The molecule has 0 saturated heterocycles. The van der Waals surface area contributed by atoms with Gasteiger partial charge in [-0.1, -0.05) is 0 Å². The highest BCUT2D eigenvalue weighted by molar-refractivity contribution is 6.03. The molecular formula is C21H18N4O4. The highest BCUT2D eigenvalue weighted by atomic mass is 16.6. The molecule has 1 aromatic heterocycles. The first-order valence-corrected chi connectivity index (χ1v) is 9.01. The van der Waals surface area contributed by atoms with Crippen LogP contribution in [0.25, 0.3) is 0 Å². The molecule has 0 saturated carbocycles. The van der Waals surface area contributed by atoms with Gasteiger partial charge in [0.2, 0.25) is 0 Å². The molecule has 4 rings (SSSR count). The van der Waals surface area contributed by atoms with Crippen LogP contribution in [0.2, 0.25) is 0 Å². The smallest absolute Gasteiger partial charge is 0.276 e. The molecule has 2 aromatic carbocycles. The molecule has 1 aliphatic heterocycles. The first-order chi connectivity index (χ1) is 14.1. The van der Waals surface area contributed by atoms with E-state index in [0.717, 1.165) is 5.69 Å². The number of nitrogens with one attached hydrogen (secondary N) is 2. The molecule has 8 nitrogen and oxygen atoms in total. The molecule has 8 heteroatoms. The summed E-state index contributed by atoms with van der Waals surface area (Å²) in [6.07, 6.45) is 0. The monoisotopic (exact) mass is 390 g/mol. The van der Waals surface area contributed by atoms with E-state index in [4.69, 9.17) is 9.47 Å². The van der Waals surface area contributed by atoms with Crippen molar-refractivity contribution in [2.75, 3.05) is 23.8 Å². The predicted octanol–water partition coefficient (Wildman–Crippen LogP) is 3.45. The molecule has 2 N–H and O–H groups in total. The molecule has 1 aliphatic rings. The fraction of sp³-hybridized carbons (Fsp3) is 0.143. The molecule has 146 valence electrons. The molecule has 0 radical (unpaired) electrons. The van der Waals surface area contributed by atoms with E-state index in [1.165, 1.54) is 6.92 Å². The Hall–Kier alpha value is -3.94. The van der Waals surface area contributed by atoms with Crippen molar-refractivity contribution in [3.05, 3.63) is 65.9 Å². The highest BCUT2D eigenvalue weighted by Gasteiger charge is 2.13. The van der Waals surface area contributed by atoms with Crippen LogP contribution >= 0.6 is 0 Å². The second kappa shape index (κ2) is 7.97. The van der Waals surface area contributed by atoms with Crippen LogP contribution < -0.4 is 20.1 Å². The Balaban J connectivity index is 1.40. The van der Waals surface area contributed by atoms with Crippen molar-refractivity contribution in [1.29, 1.82) is 0 Å². The van der Waals surface area contributed by atoms with Crippen LogP contribution in [0, 0.1) is 0 Å². The quantitative estimate of drug-likeness (QED) is 0.643. The largest absolute Gasteiger partial charge is 0.486 e. The van der Waals surface area contributed by atoms with Gasteiger partial charge in [-0.15, -0.1) is 10.2 Å². The minimum absolute atomic E-state index is 0.0325. The molecular weight excluding hydrogens is 372 g/mol. The molecule has 29 heavy (non-hydrogen) atoms. The molecule has 3 aromatic rings. The Kier molecular flexibility index (Phi) is 5.07. The second-order valence-electron chi connectivity index (χ2n) is 6.37. The number of rotatable bonds is 5. The van der Waals surface area contributed by atoms with Gasteiger partial charge in [-0.25, -0.2) is 0 Å². The number of aromatic nitrogens is 2. The molecule has 0 aliphatic carbocycles. The van der Waals surface area contributed by atoms with Gasteiger partial charge in [0.15, 0.2) is 28.8 Å². The number of fused-ring (bicyclic) bond motifs is 1. The van der Waals surface area contributed by atoms with Crippen molar-refractivity contribution in [3.63, 3.8) is 0 Å². The molecule has 0 atom stereocenters. The normalized spacial score (nSPS) is 12.2. The summed E-state index contributed by atoms with van der Waals surface area (Å²) >= 11 is 0. The number of ketones is 1. The summed E-state index contributed by atoms with van der Waals surface area (Å²) < 4.78 is 11.1. The average Bonchev–Trinajstić information content (AvgIpc) is 2.74. The minimum atomic E-state index is -0.390. The predicted molar refractivity (Wildman–Crippen MR) is 107 cm³/mol. The van der Waals surface area contributed by atoms with Crippen molar-refractivity contribution >= 4 is 28.9 Å². The van der Waals surface area contributed by atoms with Crippen LogP contribution in [0.4, 0.5) is 17.2 Å². The van der Waals surface area contributed by atoms with Gasteiger partial charge in [-0.3, -0.25) is 9.59 Å². The number of ether oxygens (including phenoxy) is 2. The Bertz CT molecular complexity index is 1050. The van der Waals surface area contributed by atoms with E-state index in [2.05, 4.69) is 20.8 Å². The summed E-state index contributed by atoms with van der Waals surface area (Å²) in [4.78, 5) is 23.6. The zero-order valence-electron chi connectivity index (χ0n) is 15.6. The lowest BCUT2D eigenvalue weighted by atomic mass is 10.1. The Morgan fingerprint density at radius 3 is 2.28 bits per heavy atom. The number of hydrogen-bond donors (Lipinski definition) is 2. The third-order valence-corrected chi connectivity index (χ3v) is 4.26. The van der Waals surface area contributed by atoms with Crippen LogP contribution in [0.15, 0.2) is 54.6 Å². The average molecular weight is 390 g/mol. The Labute approximate surface area is 166 Å². The van der Waals surface area contributed by atoms with E-state index in [1.54, 1.807) is 36.4 Å². The van der Waals surface area contributed by atoms with Gasteiger partial charge in [-0.05, 0) is 55.5 Å². The first-order valence-electron chi connectivity index (χ1n) is 9.01. The van der Waals surface area contributed by atoms with Crippen molar-refractivity contribution in [2.45, 2.75) is 6.92 Å². The zero-order chi connectivity index (χ0) is 20.2. The van der Waals surface area contributed by atoms with E-state index < -0.39 is 0 Å². The Morgan fingerprint density at radius 2 is 1.59 bits per heavy atom. The van der Waals surface area contributed by atoms with Crippen LogP contribution in [0.5, 0.6) is 11.5 Å². The molecule has 1 amide bonds. The topological polar surface area (TPSA) is 102 Å². The van der Waals surface area contributed by atoms with E-state index in [0.29, 0.717) is 41.8 Å². The van der Waals surface area contributed by atoms with Crippen molar-refractivity contribution in [1.82, 2.24) is 10.2 Å². The van der Waals surface area contributed by atoms with Crippen LogP contribution in [0.1, 0.15) is 27.8 Å². The lowest BCUT2D eigenvalue weighted by Crippen LogP contribution is -2.15. The van der Waals surface area contributed by atoms with Gasteiger partial charge >= 0.3 is 0 Å². The van der Waals surface area contributed by atoms with E-state index >= 15 is 0 Å². The maximum atomic E-state index is 12.3.